The summed E-state index contributed by atoms with van der Waals surface area (Å²) in [5.41, 5.74) is -0.668. The lowest BCUT2D eigenvalue weighted by atomic mass is 10.1. The van der Waals surface area contributed by atoms with Gasteiger partial charge in [0.15, 0.2) is 12.0 Å². The molecule has 1 saturated heterocycles. The average Bonchev–Trinajstić information content (AvgIpc) is 2.73. The number of hydrogen-bond acceptors (Lipinski definition) is 7. The van der Waals surface area contributed by atoms with Gasteiger partial charge in [0, 0.05) is 20.3 Å². The number of nitrogens with zero attached hydrogens (tertiary/aromatic N) is 4. The van der Waals surface area contributed by atoms with E-state index in [-0.39, 0.29) is 5.82 Å². The van der Waals surface area contributed by atoms with Crippen molar-refractivity contribution < 1.29 is 20.1 Å². The monoisotopic (exact) mass is 298 g/mol. The van der Waals surface area contributed by atoms with Crippen LogP contribution in [0.5, 0.6) is 0 Å². The molecule has 0 spiro atoms. The Morgan fingerprint density at radius 1 is 1.48 bits per heavy atom. The van der Waals surface area contributed by atoms with Crippen LogP contribution in [0.25, 0.3) is 0 Å². The molecule has 116 valence electrons. The van der Waals surface area contributed by atoms with Gasteiger partial charge in [-0.1, -0.05) is 0 Å². The van der Waals surface area contributed by atoms with Crippen molar-refractivity contribution >= 4 is 12.2 Å². The Balaban J connectivity index is 2.24. The zero-order valence-corrected chi connectivity index (χ0v) is 11.7. The molecule has 0 aliphatic carbocycles. The van der Waals surface area contributed by atoms with E-state index >= 15 is 0 Å². The quantitative estimate of drug-likeness (QED) is 0.437. The van der Waals surface area contributed by atoms with Gasteiger partial charge < -0.3 is 25.0 Å². The first kappa shape index (κ1) is 15.6. The van der Waals surface area contributed by atoms with Crippen LogP contribution in [-0.4, -0.2) is 75.1 Å². The third-order valence-electron chi connectivity index (χ3n) is 3.03. The molecule has 9 heteroatoms. The summed E-state index contributed by atoms with van der Waals surface area (Å²) in [6.07, 6.45) is -1.75. The SMILES string of the molecule is CN(C)/C=N/c1ccn([C@@H]2O[C@H](CO)[C@H](O)C2O)c(=O)n1. The lowest BCUT2D eigenvalue weighted by Gasteiger charge is -2.16. The van der Waals surface area contributed by atoms with Gasteiger partial charge in [0.05, 0.1) is 12.9 Å². The third-order valence-corrected chi connectivity index (χ3v) is 3.03. The Morgan fingerprint density at radius 3 is 2.71 bits per heavy atom. The molecule has 9 nitrogen and oxygen atoms in total. The highest BCUT2D eigenvalue weighted by Gasteiger charge is 2.43. The fourth-order valence-electron chi connectivity index (χ4n) is 1.95. The van der Waals surface area contributed by atoms with Gasteiger partial charge in [-0.2, -0.15) is 4.98 Å². The minimum Gasteiger partial charge on any atom is -0.394 e. The highest BCUT2D eigenvalue weighted by Crippen LogP contribution is 2.28. The minimum atomic E-state index is -1.32. The standard InChI is InChI=1S/C12H18N4O5/c1-15(2)6-13-8-3-4-16(12(20)14-8)11-10(19)9(18)7(5-17)21-11/h3-4,6-7,9-11,17-19H,5H2,1-2H3/b13-6+/t7-,9+,10?,11-/m1/s1. The van der Waals surface area contributed by atoms with Gasteiger partial charge in [0.2, 0.25) is 0 Å². The van der Waals surface area contributed by atoms with E-state index in [0.717, 1.165) is 4.57 Å². The molecular weight excluding hydrogens is 280 g/mol. The second-order valence-electron chi connectivity index (χ2n) is 4.91. The molecule has 1 aliphatic rings. The summed E-state index contributed by atoms with van der Waals surface area (Å²) in [4.78, 5) is 21.4. The minimum absolute atomic E-state index is 0.219. The normalized spacial score (nSPS) is 29.2. The summed E-state index contributed by atoms with van der Waals surface area (Å²) in [6, 6.07) is 1.48. The first-order valence-electron chi connectivity index (χ1n) is 6.36. The van der Waals surface area contributed by atoms with Crippen molar-refractivity contribution in [3.63, 3.8) is 0 Å². The van der Waals surface area contributed by atoms with Crippen molar-refractivity contribution in [2.75, 3.05) is 20.7 Å². The smallest absolute Gasteiger partial charge is 0.351 e. The maximum Gasteiger partial charge on any atom is 0.351 e. The number of hydrogen-bond donors (Lipinski definition) is 3. The van der Waals surface area contributed by atoms with Gasteiger partial charge >= 0.3 is 5.69 Å². The molecule has 3 N–H and O–H groups in total. The van der Waals surface area contributed by atoms with Crippen LogP contribution in [0, 0.1) is 0 Å². The zero-order valence-electron chi connectivity index (χ0n) is 11.7. The average molecular weight is 298 g/mol. The molecule has 0 bridgehead atoms. The maximum atomic E-state index is 11.9. The zero-order chi connectivity index (χ0) is 15.6. The lowest BCUT2D eigenvalue weighted by Crippen LogP contribution is -2.35. The van der Waals surface area contributed by atoms with Crippen LogP contribution in [0.3, 0.4) is 0 Å². The molecule has 0 amide bonds. The molecule has 4 atom stereocenters. The predicted octanol–water partition coefficient (Wildman–Crippen LogP) is -1.92. The van der Waals surface area contributed by atoms with Crippen molar-refractivity contribution in [1.29, 1.82) is 0 Å². The number of aliphatic hydroxyl groups excluding tert-OH is 3. The summed E-state index contributed by atoms with van der Waals surface area (Å²) >= 11 is 0. The summed E-state index contributed by atoms with van der Waals surface area (Å²) < 4.78 is 6.32. The van der Waals surface area contributed by atoms with Crippen molar-refractivity contribution in [1.82, 2.24) is 14.5 Å². The summed E-state index contributed by atoms with van der Waals surface area (Å²) in [5, 5.41) is 28.6. The second kappa shape index (κ2) is 6.31. The number of aromatic nitrogens is 2. The molecular formula is C12H18N4O5. The number of aliphatic imine (C=N–C) groups is 1. The highest BCUT2D eigenvalue weighted by atomic mass is 16.6. The van der Waals surface area contributed by atoms with Crippen LogP contribution in [0.4, 0.5) is 5.82 Å². The van der Waals surface area contributed by atoms with Crippen LogP contribution in [-0.2, 0) is 4.74 Å². The van der Waals surface area contributed by atoms with E-state index in [2.05, 4.69) is 9.98 Å². The van der Waals surface area contributed by atoms with E-state index in [4.69, 9.17) is 9.84 Å². The Labute approximate surface area is 120 Å². The van der Waals surface area contributed by atoms with Crippen LogP contribution in [0.2, 0.25) is 0 Å². The summed E-state index contributed by atoms with van der Waals surface area (Å²) in [6.45, 7) is -0.456. The number of rotatable bonds is 4. The largest absolute Gasteiger partial charge is 0.394 e. The molecule has 1 unspecified atom stereocenters. The van der Waals surface area contributed by atoms with E-state index in [1.54, 1.807) is 19.0 Å². The number of aliphatic hydroxyl groups is 3. The molecule has 1 aromatic heterocycles. The van der Waals surface area contributed by atoms with Gasteiger partial charge in [-0.3, -0.25) is 4.57 Å². The van der Waals surface area contributed by atoms with Crippen molar-refractivity contribution in [3.8, 4) is 0 Å². The molecule has 1 aliphatic heterocycles. The molecule has 0 saturated carbocycles. The van der Waals surface area contributed by atoms with Crippen LogP contribution in [0.15, 0.2) is 22.1 Å². The first-order chi connectivity index (χ1) is 9.93. The molecule has 2 rings (SSSR count). The van der Waals surface area contributed by atoms with E-state index in [0.29, 0.717) is 0 Å². The topological polar surface area (TPSA) is 120 Å². The maximum absolute atomic E-state index is 11.9. The fourth-order valence-corrected chi connectivity index (χ4v) is 1.95. The third kappa shape index (κ3) is 3.27. The Hall–Kier alpha value is -1.81. The van der Waals surface area contributed by atoms with E-state index in [9.17, 15) is 15.0 Å². The van der Waals surface area contributed by atoms with Crippen LogP contribution in [0.1, 0.15) is 6.23 Å². The lowest BCUT2D eigenvalue weighted by molar-refractivity contribution is -0.0549. The van der Waals surface area contributed by atoms with Gasteiger partial charge in [0.1, 0.15) is 18.3 Å². The summed E-state index contributed by atoms with van der Waals surface area (Å²) in [5.74, 6) is 0.219. The van der Waals surface area contributed by atoms with Crippen LogP contribution < -0.4 is 5.69 Å². The van der Waals surface area contributed by atoms with Gasteiger partial charge in [-0.05, 0) is 6.07 Å². The second-order valence-corrected chi connectivity index (χ2v) is 4.91. The van der Waals surface area contributed by atoms with E-state index < -0.39 is 36.8 Å². The van der Waals surface area contributed by atoms with Crippen molar-refractivity contribution in [2.45, 2.75) is 24.5 Å². The molecule has 21 heavy (non-hydrogen) atoms. The summed E-state index contributed by atoms with van der Waals surface area (Å²) in [7, 11) is 3.56. The number of ether oxygens (including phenoxy) is 1. The Bertz CT molecular complexity index is 573. The molecule has 0 aromatic carbocycles. The molecule has 1 aromatic rings. The van der Waals surface area contributed by atoms with Crippen molar-refractivity contribution in [2.24, 2.45) is 4.99 Å². The van der Waals surface area contributed by atoms with E-state index in [1.165, 1.54) is 18.6 Å². The Morgan fingerprint density at radius 2 is 2.19 bits per heavy atom. The predicted molar refractivity (Wildman–Crippen MR) is 73.3 cm³/mol. The van der Waals surface area contributed by atoms with Gasteiger partial charge in [-0.15, -0.1) is 0 Å². The molecule has 2 heterocycles. The van der Waals surface area contributed by atoms with Crippen LogP contribution >= 0.6 is 0 Å². The van der Waals surface area contributed by atoms with E-state index in [1.807, 2.05) is 0 Å². The first-order valence-corrected chi connectivity index (χ1v) is 6.36. The molecule has 1 fully saturated rings. The van der Waals surface area contributed by atoms with Gasteiger partial charge in [0.25, 0.3) is 0 Å². The van der Waals surface area contributed by atoms with Crippen molar-refractivity contribution in [3.05, 3.63) is 22.7 Å². The molecule has 0 radical (unpaired) electrons. The van der Waals surface area contributed by atoms with Gasteiger partial charge in [-0.25, -0.2) is 9.79 Å². The highest BCUT2D eigenvalue weighted by molar-refractivity contribution is 5.58. The fraction of sp³-hybridized carbons (Fsp3) is 0.583. The Kier molecular flexibility index (Phi) is 4.68.